The van der Waals surface area contributed by atoms with Crippen molar-refractivity contribution in [3.05, 3.63) is 35.4 Å². The number of nitrogens with zero attached hydrogens (tertiary/aromatic N) is 1. The number of hydrogen-bond donors (Lipinski definition) is 0. The van der Waals surface area contributed by atoms with Crippen LogP contribution < -0.4 is 0 Å². The first-order valence-corrected chi connectivity index (χ1v) is 5.70. The average Bonchev–Trinajstić information content (AvgIpc) is 3.11. The van der Waals surface area contributed by atoms with Crippen LogP contribution in [0.5, 0.6) is 0 Å². The van der Waals surface area contributed by atoms with Crippen LogP contribution in [-0.4, -0.2) is 17.4 Å². The van der Waals surface area contributed by atoms with E-state index >= 15 is 0 Å². The molecule has 0 atom stereocenters. The summed E-state index contributed by atoms with van der Waals surface area (Å²) < 4.78 is 0. The Hall–Kier alpha value is -1.31. The van der Waals surface area contributed by atoms with Crippen molar-refractivity contribution in [1.29, 1.82) is 0 Å². The molecule has 2 nitrogen and oxygen atoms in total. The van der Waals surface area contributed by atoms with Crippen molar-refractivity contribution in [2.75, 3.05) is 6.54 Å². The molecule has 1 fully saturated rings. The van der Waals surface area contributed by atoms with Gasteiger partial charge in [-0.1, -0.05) is 24.3 Å². The highest BCUT2D eigenvalue weighted by atomic mass is 16.2. The highest BCUT2D eigenvalue weighted by Crippen LogP contribution is 2.32. The third-order valence-corrected chi connectivity index (χ3v) is 3.37. The average molecular weight is 201 g/mol. The van der Waals surface area contributed by atoms with Gasteiger partial charge in [0.25, 0.3) is 0 Å². The number of amides is 1. The van der Waals surface area contributed by atoms with Gasteiger partial charge in [-0.15, -0.1) is 0 Å². The minimum atomic E-state index is 0.357. The Morgan fingerprint density at radius 2 is 1.93 bits per heavy atom. The van der Waals surface area contributed by atoms with Gasteiger partial charge in [0.1, 0.15) is 0 Å². The lowest BCUT2D eigenvalue weighted by Crippen LogP contribution is -2.36. The molecule has 1 heterocycles. The normalized spacial score (nSPS) is 19.9. The van der Waals surface area contributed by atoms with E-state index in [4.69, 9.17) is 0 Å². The van der Waals surface area contributed by atoms with Crippen LogP contribution in [0.2, 0.25) is 0 Å². The Kier molecular flexibility index (Phi) is 2.01. The zero-order chi connectivity index (χ0) is 10.3. The molecule has 0 saturated heterocycles. The summed E-state index contributed by atoms with van der Waals surface area (Å²) >= 11 is 0. The maximum atomic E-state index is 11.9. The van der Waals surface area contributed by atoms with Gasteiger partial charge >= 0.3 is 0 Å². The fourth-order valence-corrected chi connectivity index (χ4v) is 2.27. The van der Waals surface area contributed by atoms with Crippen LogP contribution in [0.25, 0.3) is 0 Å². The number of hydrogen-bond acceptors (Lipinski definition) is 1. The number of carbonyl (C=O) groups is 1. The lowest BCUT2D eigenvalue weighted by molar-refractivity contribution is -0.133. The smallest absolute Gasteiger partial charge is 0.225 e. The number of fused-ring (bicyclic) bond motifs is 1. The molecule has 1 amide bonds. The Bertz CT molecular complexity index is 395. The summed E-state index contributed by atoms with van der Waals surface area (Å²) in [6, 6.07) is 8.46. The first-order chi connectivity index (χ1) is 7.34. The topological polar surface area (TPSA) is 20.3 Å². The summed E-state index contributed by atoms with van der Waals surface area (Å²) in [5, 5.41) is 0. The van der Waals surface area contributed by atoms with Gasteiger partial charge in [-0.25, -0.2) is 0 Å². The van der Waals surface area contributed by atoms with Crippen LogP contribution in [0.3, 0.4) is 0 Å². The number of carbonyl (C=O) groups excluding carboxylic acids is 1. The monoisotopic (exact) mass is 201 g/mol. The second kappa shape index (κ2) is 3.37. The molecule has 0 unspecified atom stereocenters. The molecule has 1 aromatic carbocycles. The zero-order valence-electron chi connectivity index (χ0n) is 8.78. The zero-order valence-corrected chi connectivity index (χ0v) is 8.78. The van der Waals surface area contributed by atoms with Gasteiger partial charge in [0.05, 0.1) is 0 Å². The van der Waals surface area contributed by atoms with Gasteiger partial charge in [0.2, 0.25) is 5.91 Å². The quantitative estimate of drug-likeness (QED) is 0.680. The van der Waals surface area contributed by atoms with E-state index in [1.807, 2.05) is 4.90 Å². The molecule has 0 radical (unpaired) electrons. The van der Waals surface area contributed by atoms with E-state index < -0.39 is 0 Å². The summed E-state index contributed by atoms with van der Waals surface area (Å²) in [6.07, 6.45) is 3.24. The van der Waals surface area contributed by atoms with E-state index in [1.165, 1.54) is 11.1 Å². The molecule has 1 aliphatic carbocycles. The van der Waals surface area contributed by atoms with Crippen molar-refractivity contribution in [2.45, 2.75) is 25.8 Å². The predicted octanol–water partition coefficient (Wildman–Crippen LogP) is 1.98. The van der Waals surface area contributed by atoms with Crippen molar-refractivity contribution < 1.29 is 4.79 Å². The predicted molar refractivity (Wildman–Crippen MR) is 58.3 cm³/mol. The van der Waals surface area contributed by atoms with Gasteiger partial charge in [0.15, 0.2) is 0 Å². The second-order valence-electron chi connectivity index (χ2n) is 4.55. The molecule has 1 aliphatic heterocycles. The highest BCUT2D eigenvalue weighted by molar-refractivity contribution is 5.81. The van der Waals surface area contributed by atoms with E-state index in [9.17, 15) is 4.79 Å². The highest BCUT2D eigenvalue weighted by Gasteiger charge is 2.34. The molecule has 15 heavy (non-hydrogen) atoms. The Labute approximate surface area is 89.9 Å². The molecule has 0 spiro atoms. The minimum Gasteiger partial charge on any atom is -0.338 e. The van der Waals surface area contributed by atoms with Crippen molar-refractivity contribution >= 4 is 5.91 Å². The third-order valence-electron chi connectivity index (χ3n) is 3.37. The van der Waals surface area contributed by atoms with E-state index in [1.54, 1.807) is 0 Å². The molecule has 3 rings (SSSR count). The summed E-state index contributed by atoms with van der Waals surface area (Å²) in [5.74, 6) is 0.736. The Morgan fingerprint density at radius 1 is 1.20 bits per heavy atom. The molecule has 0 aromatic heterocycles. The second-order valence-corrected chi connectivity index (χ2v) is 4.55. The largest absolute Gasteiger partial charge is 0.338 e. The van der Waals surface area contributed by atoms with Crippen LogP contribution in [0, 0.1) is 5.92 Å². The van der Waals surface area contributed by atoms with E-state index in [0.717, 1.165) is 32.4 Å². The summed E-state index contributed by atoms with van der Waals surface area (Å²) in [7, 11) is 0. The fourth-order valence-electron chi connectivity index (χ4n) is 2.27. The maximum absolute atomic E-state index is 11.9. The van der Waals surface area contributed by atoms with Crippen LogP contribution in [0.15, 0.2) is 24.3 Å². The first-order valence-electron chi connectivity index (χ1n) is 5.70. The molecular formula is C13H15NO. The molecule has 2 heteroatoms. The van der Waals surface area contributed by atoms with E-state index in [-0.39, 0.29) is 0 Å². The standard InChI is InChI=1S/C13H15NO/c15-13(11-5-6-11)14-8-7-10-3-1-2-4-12(10)9-14/h1-4,11H,5-9H2. The van der Waals surface area contributed by atoms with Crippen molar-refractivity contribution in [1.82, 2.24) is 4.90 Å². The Balaban J connectivity index is 1.79. The third kappa shape index (κ3) is 1.65. The maximum Gasteiger partial charge on any atom is 0.225 e. The lowest BCUT2D eigenvalue weighted by atomic mass is 10.00. The SMILES string of the molecule is O=C(C1CC1)N1CCc2ccccc2C1. The van der Waals surface area contributed by atoms with Gasteiger partial charge in [0, 0.05) is 19.0 Å². The minimum absolute atomic E-state index is 0.357. The van der Waals surface area contributed by atoms with E-state index in [2.05, 4.69) is 24.3 Å². The molecule has 78 valence electrons. The summed E-state index contributed by atoms with van der Waals surface area (Å²) in [5.41, 5.74) is 2.75. The lowest BCUT2D eigenvalue weighted by Gasteiger charge is -2.28. The number of benzene rings is 1. The van der Waals surface area contributed by atoms with Gasteiger partial charge in [-0.05, 0) is 30.4 Å². The van der Waals surface area contributed by atoms with Crippen LogP contribution >= 0.6 is 0 Å². The molecular weight excluding hydrogens is 186 g/mol. The summed E-state index contributed by atoms with van der Waals surface area (Å²) in [6.45, 7) is 1.73. The Morgan fingerprint density at radius 3 is 2.67 bits per heavy atom. The fraction of sp³-hybridized carbons (Fsp3) is 0.462. The molecule has 2 aliphatic rings. The molecule has 0 N–H and O–H groups in total. The van der Waals surface area contributed by atoms with Gasteiger partial charge < -0.3 is 4.90 Å². The molecule has 0 bridgehead atoms. The number of rotatable bonds is 1. The van der Waals surface area contributed by atoms with Crippen LogP contribution in [0.4, 0.5) is 0 Å². The van der Waals surface area contributed by atoms with Crippen molar-refractivity contribution in [3.8, 4) is 0 Å². The van der Waals surface area contributed by atoms with Crippen molar-refractivity contribution in [3.63, 3.8) is 0 Å². The van der Waals surface area contributed by atoms with Gasteiger partial charge in [-0.2, -0.15) is 0 Å². The van der Waals surface area contributed by atoms with Crippen LogP contribution in [-0.2, 0) is 17.8 Å². The summed E-state index contributed by atoms with van der Waals surface area (Å²) in [4.78, 5) is 13.9. The first kappa shape index (κ1) is 8.96. The van der Waals surface area contributed by atoms with E-state index in [0.29, 0.717) is 11.8 Å². The van der Waals surface area contributed by atoms with Crippen molar-refractivity contribution in [2.24, 2.45) is 5.92 Å². The molecule has 1 aromatic rings. The van der Waals surface area contributed by atoms with Crippen LogP contribution in [0.1, 0.15) is 24.0 Å². The molecule has 1 saturated carbocycles. The van der Waals surface area contributed by atoms with Gasteiger partial charge in [-0.3, -0.25) is 4.79 Å².